The molecule has 6 nitrogen and oxygen atoms in total. The molecule has 0 aliphatic rings. The normalized spacial score (nSPS) is 10.9. The molecule has 0 unspecified atom stereocenters. The molecule has 0 aromatic carbocycles. The molecule has 0 saturated heterocycles. The third-order valence-electron chi connectivity index (χ3n) is 1.91. The lowest BCUT2D eigenvalue weighted by atomic mass is 10.3. The van der Waals surface area contributed by atoms with E-state index >= 15 is 0 Å². The summed E-state index contributed by atoms with van der Waals surface area (Å²) in [4.78, 5) is 17.2. The molecular weight excluding hydrogens is 170 g/mol. The van der Waals surface area contributed by atoms with E-state index in [4.69, 9.17) is 5.73 Å². The Bertz CT molecular complexity index is 523. The molecule has 0 amide bonds. The van der Waals surface area contributed by atoms with Gasteiger partial charge in [0, 0.05) is 7.05 Å². The van der Waals surface area contributed by atoms with Crippen molar-refractivity contribution in [1.29, 1.82) is 0 Å². The molecule has 0 aliphatic heterocycles. The van der Waals surface area contributed by atoms with Crippen LogP contribution in [0, 0.1) is 6.92 Å². The Morgan fingerprint density at radius 2 is 2.23 bits per heavy atom. The third-order valence-corrected chi connectivity index (χ3v) is 1.91. The summed E-state index contributed by atoms with van der Waals surface area (Å²) < 4.78 is 1.54. The second kappa shape index (κ2) is 2.32. The van der Waals surface area contributed by atoms with Crippen molar-refractivity contribution in [3.05, 3.63) is 16.2 Å². The lowest BCUT2D eigenvalue weighted by Gasteiger charge is -1.95. The van der Waals surface area contributed by atoms with Crippen molar-refractivity contribution in [2.24, 2.45) is 7.05 Å². The first-order chi connectivity index (χ1) is 6.09. The number of rotatable bonds is 0. The molecule has 2 aromatic heterocycles. The molecule has 0 fully saturated rings. The fourth-order valence-electron chi connectivity index (χ4n) is 1.39. The predicted octanol–water partition coefficient (Wildman–Crippen LogP) is -0.453. The fourth-order valence-corrected chi connectivity index (χ4v) is 1.39. The van der Waals surface area contributed by atoms with Crippen molar-refractivity contribution < 1.29 is 0 Å². The van der Waals surface area contributed by atoms with Crippen LogP contribution >= 0.6 is 0 Å². The van der Waals surface area contributed by atoms with Gasteiger partial charge in [0.05, 0.1) is 11.1 Å². The van der Waals surface area contributed by atoms with Crippen LogP contribution < -0.4 is 11.4 Å². The largest absolute Gasteiger partial charge is 0.384 e. The van der Waals surface area contributed by atoms with Gasteiger partial charge in [-0.1, -0.05) is 0 Å². The van der Waals surface area contributed by atoms with Gasteiger partial charge in [-0.2, -0.15) is 10.1 Å². The number of aromatic amines is 1. The lowest BCUT2D eigenvalue weighted by Crippen LogP contribution is -2.13. The number of fused-ring (bicyclic) bond motifs is 1. The smallest absolute Gasteiger partial charge is 0.348 e. The van der Waals surface area contributed by atoms with Crippen molar-refractivity contribution in [2.75, 3.05) is 5.73 Å². The van der Waals surface area contributed by atoms with Crippen molar-refractivity contribution in [3.8, 4) is 0 Å². The number of H-pyrrole nitrogens is 1. The fraction of sp³-hybridized carbons (Fsp3) is 0.286. The number of nitrogens with one attached hydrogen (secondary N) is 1. The Balaban J connectivity index is 3.06. The monoisotopic (exact) mass is 179 g/mol. The van der Waals surface area contributed by atoms with Crippen LogP contribution in [0.15, 0.2) is 4.79 Å². The van der Waals surface area contributed by atoms with Crippen molar-refractivity contribution in [3.63, 3.8) is 0 Å². The zero-order valence-electron chi connectivity index (χ0n) is 7.33. The van der Waals surface area contributed by atoms with Crippen molar-refractivity contribution in [2.45, 2.75) is 6.92 Å². The van der Waals surface area contributed by atoms with Gasteiger partial charge in [0.25, 0.3) is 0 Å². The number of aryl methyl sites for hydroxylation is 2. The van der Waals surface area contributed by atoms with E-state index in [9.17, 15) is 4.79 Å². The Labute approximate surface area is 73.4 Å². The number of hydrogen-bond donors (Lipinski definition) is 2. The van der Waals surface area contributed by atoms with Gasteiger partial charge < -0.3 is 5.73 Å². The number of nitrogens with zero attached hydrogens (tertiary/aromatic N) is 3. The summed E-state index contributed by atoms with van der Waals surface area (Å²) >= 11 is 0. The highest BCUT2D eigenvalue weighted by atomic mass is 16.1. The Kier molecular flexibility index (Phi) is 1.39. The van der Waals surface area contributed by atoms with E-state index in [1.54, 1.807) is 7.05 Å². The molecule has 0 radical (unpaired) electrons. The SMILES string of the molecule is Cc1nn(C)c2nc(=O)[nH]c(N)c12. The molecule has 13 heavy (non-hydrogen) atoms. The Morgan fingerprint density at radius 3 is 2.92 bits per heavy atom. The van der Waals surface area contributed by atoms with Crippen LogP contribution in [0.1, 0.15) is 5.69 Å². The number of anilines is 1. The standard InChI is InChI=1S/C7H9N5O/c1-3-4-5(8)9-7(13)10-6(4)12(2)11-3/h1-2H3,(H3,8,9,10,13). The van der Waals surface area contributed by atoms with Crippen LogP contribution in [0.3, 0.4) is 0 Å². The Morgan fingerprint density at radius 1 is 1.54 bits per heavy atom. The molecule has 3 N–H and O–H groups in total. The molecule has 0 atom stereocenters. The van der Waals surface area contributed by atoms with Crippen molar-refractivity contribution >= 4 is 16.9 Å². The van der Waals surface area contributed by atoms with Crippen LogP contribution in [-0.4, -0.2) is 19.7 Å². The van der Waals surface area contributed by atoms with E-state index in [-0.39, 0.29) is 0 Å². The zero-order chi connectivity index (χ0) is 9.59. The van der Waals surface area contributed by atoms with E-state index in [1.807, 2.05) is 6.92 Å². The first kappa shape index (κ1) is 7.78. The number of hydrogen-bond acceptors (Lipinski definition) is 4. The molecule has 0 saturated carbocycles. The third kappa shape index (κ3) is 0.986. The van der Waals surface area contributed by atoms with Crippen LogP contribution in [-0.2, 0) is 7.05 Å². The maximum absolute atomic E-state index is 11.0. The zero-order valence-corrected chi connectivity index (χ0v) is 7.33. The molecule has 0 spiro atoms. The van der Waals surface area contributed by atoms with Gasteiger partial charge in [-0.3, -0.25) is 4.98 Å². The summed E-state index contributed by atoms with van der Waals surface area (Å²) in [6.45, 7) is 1.82. The minimum atomic E-state index is -0.451. The summed E-state index contributed by atoms with van der Waals surface area (Å²) in [6, 6.07) is 0. The highest BCUT2D eigenvalue weighted by Gasteiger charge is 2.10. The first-order valence-corrected chi connectivity index (χ1v) is 3.78. The topological polar surface area (TPSA) is 89.6 Å². The van der Waals surface area contributed by atoms with Gasteiger partial charge in [-0.15, -0.1) is 0 Å². The van der Waals surface area contributed by atoms with Gasteiger partial charge >= 0.3 is 5.69 Å². The minimum absolute atomic E-state index is 0.320. The summed E-state index contributed by atoms with van der Waals surface area (Å²) in [6.07, 6.45) is 0. The molecular formula is C7H9N5O. The van der Waals surface area contributed by atoms with E-state index in [0.717, 1.165) is 5.69 Å². The first-order valence-electron chi connectivity index (χ1n) is 3.78. The Hall–Kier alpha value is -1.85. The molecule has 0 bridgehead atoms. The van der Waals surface area contributed by atoms with Gasteiger partial charge in [-0.25, -0.2) is 9.48 Å². The minimum Gasteiger partial charge on any atom is -0.384 e. The molecule has 0 aliphatic carbocycles. The van der Waals surface area contributed by atoms with Crippen LogP contribution in [0.4, 0.5) is 5.82 Å². The summed E-state index contributed by atoms with van der Waals surface area (Å²) in [5.41, 5.74) is 6.45. The highest BCUT2D eigenvalue weighted by molar-refractivity contribution is 5.87. The second-order valence-electron chi connectivity index (χ2n) is 2.86. The molecule has 68 valence electrons. The average Bonchev–Trinajstić information content (AvgIpc) is 2.27. The van der Waals surface area contributed by atoms with Gasteiger partial charge in [0.15, 0.2) is 5.65 Å². The van der Waals surface area contributed by atoms with Gasteiger partial charge in [0.1, 0.15) is 5.82 Å². The number of aromatic nitrogens is 4. The van der Waals surface area contributed by atoms with Crippen LogP contribution in [0.5, 0.6) is 0 Å². The van der Waals surface area contributed by atoms with Crippen molar-refractivity contribution in [1.82, 2.24) is 19.7 Å². The maximum Gasteiger partial charge on any atom is 0.348 e. The molecule has 2 heterocycles. The second-order valence-corrected chi connectivity index (χ2v) is 2.86. The van der Waals surface area contributed by atoms with Gasteiger partial charge in [0.2, 0.25) is 0 Å². The predicted molar refractivity (Wildman–Crippen MR) is 48.3 cm³/mol. The number of nitrogen functional groups attached to an aromatic ring is 1. The van der Waals surface area contributed by atoms with E-state index in [1.165, 1.54) is 4.68 Å². The summed E-state index contributed by atoms with van der Waals surface area (Å²) in [5, 5.41) is 4.82. The summed E-state index contributed by atoms with van der Waals surface area (Å²) in [5.74, 6) is 0.320. The van der Waals surface area contributed by atoms with Crippen LogP contribution in [0.25, 0.3) is 11.0 Å². The van der Waals surface area contributed by atoms with Gasteiger partial charge in [-0.05, 0) is 6.92 Å². The molecule has 2 rings (SSSR count). The summed E-state index contributed by atoms with van der Waals surface area (Å²) in [7, 11) is 1.72. The maximum atomic E-state index is 11.0. The number of nitrogens with two attached hydrogens (primary N) is 1. The van der Waals surface area contributed by atoms with E-state index in [2.05, 4.69) is 15.1 Å². The quantitative estimate of drug-likeness (QED) is 0.573. The molecule has 2 aromatic rings. The van der Waals surface area contributed by atoms with Crippen LogP contribution in [0.2, 0.25) is 0 Å². The lowest BCUT2D eigenvalue weighted by molar-refractivity contribution is 0.771. The average molecular weight is 179 g/mol. The highest BCUT2D eigenvalue weighted by Crippen LogP contribution is 2.17. The molecule has 6 heteroatoms. The van der Waals surface area contributed by atoms with E-state index in [0.29, 0.717) is 16.9 Å². The van der Waals surface area contributed by atoms with E-state index < -0.39 is 5.69 Å².